The van der Waals surface area contributed by atoms with Crippen LogP contribution in [0.25, 0.3) is 0 Å². The molecule has 1 aliphatic rings. The van der Waals surface area contributed by atoms with E-state index in [2.05, 4.69) is 13.8 Å². The number of nitrogens with zero attached hydrogens (tertiary/aromatic N) is 1. The normalized spacial score (nSPS) is 15.9. The number of nitrogens with two attached hydrogens (primary N) is 1. The van der Waals surface area contributed by atoms with E-state index < -0.39 is 6.04 Å². The number of carbonyl (C=O) groups excluding carboxylic acids is 1. The van der Waals surface area contributed by atoms with Gasteiger partial charge in [0.15, 0.2) is 0 Å². The molecular formula is C17H26N2O2. The van der Waals surface area contributed by atoms with Crippen LogP contribution in [-0.2, 0) is 11.3 Å². The van der Waals surface area contributed by atoms with Gasteiger partial charge in [-0.05, 0) is 31.2 Å². The van der Waals surface area contributed by atoms with Crippen molar-refractivity contribution in [1.29, 1.82) is 0 Å². The summed E-state index contributed by atoms with van der Waals surface area (Å²) < 4.78 is 5.38. The van der Waals surface area contributed by atoms with Gasteiger partial charge in [0.1, 0.15) is 5.75 Å². The maximum Gasteiger partial charge on any atom is 0.240 e. The Morgan fingerprint density at radius 1 is 1.38 bits per heavy atom. The Hall–Kier alpha value is -1.55. The molecule has 1 aliphatic carbocycles. The molecule has 0 aromatic heterocycles. The van der Waals surface area contributed by atoms with E-state index in [1.54, 1.807) is 7.11 Å². The summed E-state index contributed by atoms with van der Waals surface area (Å²) in [5.41, 5.74) is 7.13. The standard InChI is InChI=1S/C17H26N2O2/c1-12(2)10-15(18)17(20)19(14-8-9-14)11-13-6-4-5-7-16(13)21-3/h4-7,12,14-15H,8-11,18H2,1-3H3. The van der Waals surface area contributed by atoms with Crippen molar-refractivity contribution in [2.45, 2.75) is 51.7 Å². The van der Waals surface area contributed by atoms with Crippen LogP contribution in [0.5, 0.6) is 5.75 Å². The highest BCUT2D eigenvalue weighted by Gasteiger charge is 2.35. The van der Waals surface area contributed by atoms with Crippen LogP contribution in [0.15, 0.2) is 24.3 Å². The molecular weight excluding hydrogens is 264 g/mol. The van der Waals surface area contributed by atoms with Gasteiger partial charge in [-0.25, -0.2) is 0 Å². The number of methoxy groups -OCH3 is 1. The number of hydrogen-bond donors (Lipinski definition) is 1. The van der Waals surface area contributed by atoms with E-state index in [1.165, 1.54) is 0 Å². The molecule has 4 nitrogen and oxygen atoms in total. The summed E-state index contributed by atoms with van der Waals surface area (Å²) >= 11 is 0. The van der Waals surface area contributed by atoms with Crippen molar-refractivity contribution in [3.63, 3.8) is 0 Å². The summed E-state index contributed by atoms with van der Waals surface area (Å²) in [4.78, 5) is 14.6. The largest absolute Gasteiger partial charge is 0.496 e. The lowest BCUT2D eigenvalue weighted by atomic mass is 10.0. The quantitative estimate of drug-likeness (QED) is 0.839. The fraction of sp³-hybridized carbons (Fsp3) is 0.588. The molecule has 4 heteroatoms. The highest BCUT2D eigenvalue weighted by Crippen LogP contribution is 2.31. The van der Waals surface area contributed by atoms with Gasteiger partial charge in [0, 0.05) is 18.2 Å². The zero-order chi connectivity index (χ0) is 15.4. The van der Waals surface area contributed by atoms with E-state index in [4.69, 9.17) is 10.5 Å². The molecule has 0 saturated heterocycles. The first-order valence-corrected chi connectivity index (χ1v) is 7.71. The molecule has 1 aromatic rings. The maximum absolute atomic E-state index is 12.6. The second kappa shape index (κ2) is 6.94. The molecule has 116 valence electrons. The average molecular weight is 290 g/mol. The Morgan fingerprint density at radius 3 is 2.62 bits per heavy atom. The van der Waals surface area contributed by atoms with Crippen LogP contribution >= 0.6 is 0 Å². The predicted octanol–water partition coefficient (Wildman–Crippen LogP) is 2.56. The maximum atomic E-state index is 12.6. The van der Waals surface area contributed by atoms with Crippen LogP contribution in [0, 0.1) is 5.92 Å². The van der Waals surface area contributed by atoms with Gasteiger partial charge in [-0.1, -0.05) is 32.0 Å². The Balaban J connectivity index is 2.10. The fourth-order valence-electron chi connectivity index (χ4n) is 2.61. The second-order valence-corrected chi connectivity index (χ2v) is 6.25. The first-order chi connectivity index (χ1) is 10.0. The summed E-state index contributed by atoms with van der Waals surface area (Å²) in [6.07, 6.45) is 2.89. The molecule has 0 aliphatic heterocycles. The van der Waals surface area contributed by atoms with Crippen molar-refractivity contribution >= 4 is 5.91 Å². The summed E-state index contributed by atoms with van der Waals surface area (Å²) in [5.74, 6) is 1.32. The molecule has 1 amide bonds. The SMILES string of the molecule is COc1ccccc1CN(C(=O)C(N)CC(C)C)C1CC1. The Morgan fingerprint density at radius 2 is 2.05 bits per heavy atom. The number of benzene rings is 1. The van der Waals surface area contributed by atoms with Crippen molar-refractivity contribution in [2.24, 2.45) is 11.7 Å². The van der Waals surface area contributed by atoms with E-state index in [0.29, 0.717) is 18.5 Å². The molecule has 0 heterocycles. The Bertz CT molecular complexity index is 483. The van der Waals surface area contributed by atoms with Gasteiger partial charge in [0.05, 0.1) is 13.2 Å². The third-order valence-corrected chi connectivity index (χ3v) is 3.85. The van der Waals surface area contributed by atoms with Crippen LogP contribution in [0.4, 0.5) is 0 Å². The van der Waals surface area contributed by atoms with E-state index in [1.807, 2.05) is 29.2 Å². The highest BCUT2D eigenvalue weighted by molar-refractivity contribution is 5.82. The second-order valence-electron chi connectivity index (χ2n) is 6.25. The van der Waals surface area contributed by atoms with E-state index in [9.17, 15) is 4.79 Å². The van der Waals surface area contributed by atoms with Crippen LogP contribution in [-0.4, -0.2) is 30.0 Å². The summed E-state index contributed by atoms with van der Waals surface area (Å²) in [6, 6.07) is 7.80. The van der Waals surface area contributed by atoms with Gasteiger partial charge >= 0.3 is 0 Å². The lowest BCUT2D eigenvalue weighted by molar-refractivity contribution is -0.134. The minimum atomic E-state index is -0.402. The first kappa shape index (κ1) is 15.8. The van der Waals surface area contributed by atoms with Crippen molar-refractivity contribution < 1.29 is 9.53 Å². The number of carbonyl (C=O) groups is 1. The number of rotatable bonds is 7. The third kappa shape index (κ3) is 4.21. The molecule has 1 fully saturated rings. The number of hydrogen-bond acceptors (Lipinski definition) is 3. The zero-order valence-corrected chi connectivity index (χ0v) is 13.2. The molecule has 1 aromatic carbocycles. The van der Waals surface area contributed by atoms with Crippen LogP contribution in [0.1, 0.15) is 38.7 Å². The minimum absolute atomic E-state index is 0.0668. The average Bonchev–Trinajstić information content (AvgIpc) is 3.28. The van der Waals surface area contributed by atoms with Crippen molar-refractivity contribution in [3.8, 4) is 5.75 Å². The predicted molar refractivity (Wildman–Crippen MR) is 84.0 cm³/mol. The van der Waals surface area contributed by atoms with Crippen LogP contribution in [0.2, 0.25) is 0 Å². The molecule has 0 radical (unpaired) electrons. The van der Waals surface area contributed by atoms with Gasteiger partial charge in [-0.15, -0.1) is 0 Å². The molecule has 2 N–H and O–H groups in total. The molecule has 2 rings (SSSR count). The molecule has 1 saturated carbocycles. The summed E-state index contributed by atoms with van der Waals surface area (Å²) in [5, 5.41) is 0. The molecule has 1 unspecified atom stereocenters. The van der Waals surface area contributed by atoms with Gasteiger partial charge in [-0.2, -0.15) is 0 Å². The van der Waals surface area contributed by atoms with Gasteiger partial charge < -0.3 is 15.4 Å². The smallest absolute Gasteiger partial charge is 0.240 e. The number of para-hydroxylation sites is 1. The van der Waals surface area contributed by atoms with E-state index >= 15 is 0 Å². The third-order valence-electron chi connectivity index (χ3n) is 3.85. The highest BCUT2D eigenvalue weighted by atomic mass is 16.5. The van der Waals surface area contributed by atoms with Crippen LogP contribution in [0.3, 0.4) is 0 Å². The van der Waals surface area contributed by atoms with Crippen molar-refractivity contribution in [1.82, 2.24) is 4.90 Å². The van der Waals surface area contributed by atoms with Crippen molar-refractivity contribution in [2.75, 3.05) is 7.11 Å². The topological polar surface area (TPSA) is 55.6 Å². The lowest BCUT2D eigenvalue weighted by Gasteiger charge is -2.27. The molecule has 0 spiro atoms. The number of ether oxygens (including phenoxy) is 1. The molecule has 1 atom stereocenters. The summed E-state index contributed by atoms with van der Waals surface area (Å²) in [7, 11) is 1.66. The molecule has 21 heavy (non-hydrogen) atoms. The van der Waals surface area contributed by atoms with Gasteiger partial charge in [0.25, 0.3) is 0 Å². The first-order valence-electron chi connectivity index (χ1n) is 7.71. The van der Waals surface area contributed by atoms with E-state index in [-0.39, 0.29) is 5.91 Å². The monoisotopic (exact) mass is 290 g/mol. The van der Waals surface area contributed by atoms with Gasteiger partial charge in [-0.3, -0.25) is 4.79 Å². The Labute approximate surface area is 127 Å². The van der Waals surface area contributed by atoms with Crippen LogP contribution < -0.4 is 10.5 Å². The zero-order valence-electron chi connectivity index (χ0n) is 13.2. The molecule has 0 bridgehead atoms. The lowest BCUT2D eigenvalue weighted by Crippen LogP contribution is -2.45. The van der Waals surface area contributed by atoms with E-state index in [0.717, 1.165) is 30.6 Å². The number of amides is 1. The minimum Gasteiger partial charge on any atom is -0.496 e. The Kier molecular flexibility index (Phi) is 5.23. The van der Waals surface area contributed by atoms with Crippen molar-refractivity contribution in [3.05, 3.63) is 29.8 Å². The van der Waals surface area contributed by atoms with Gasteiger partial charge in [0.2, 0.25) is 5.91 Å². The fourth-order valence-corrected chi connectivity index (χ4v) is 2.61. The summed E-state index contributed by atoms with van der Waals surface area (Å²) in [6.45, 7) is 4.77.